The van der Waals surface area contributed by atoms with Gasteiger partial charge in [-0.25, -0.2) is 0 Å². The van der Waals surface area contributed by atoms with Crippen LogP contribution in [0.1, 0.15) is 11.1 Å². The zero-order valence-electron chi connectivity index (χ0n) is 11.2. The van der Waals surface area contributed by atoms with Gasteiger partial charge in [0.1, 0.15) is 5.75 Å². The molecule has 0 heterocycles. The SMILES string of the molecule is COc1cc(C(F)(F)F)ccc1-c1ccccc1C(F)(F)F. The maximum atomic E-state index is 13.0. The minimum atomic E-state index is -4.62. The molecule has 0 spiro atoms. The van der Waals surface area contributed by atoms with Crippen LogP contribution < -0.4 is 4.74 Å². The molecule has 22 heavy (non-hydrogen) atoms. The van der Waals surface area contributed by atoms with Crippen LogP contribution in [0, 0.1) is 0 Å². The molecule has 0 aliphatic rings. The molecular weight excluding hydrogens is 310 g/mol. The first-order valence-corrected chi connectivity index (χ1v) is 6.06. The maximum Gasteiger partial charge on any atom is 0.417 e. The van der Waals surface area contributed by atoms with Crippen molar-refractivity contribution in [3.8, 4) is 16.9 Å². The molecule has 0 amide bonds. The summed E-state index contributed by atoms with van der Waals surface area (Å²) in [6.07, 6.45) is -9.22. The summed E-state index contributed by atoms with van der Waals surface area (Å²) in [6, 6.07) is 7.03. The summed E-state index contributed by atoms with van der Waals surface area (Å²) in [5.74, 6) is -0.272. The van der Waals surface area contributed by atoms with E-state index >= 15 is 0 Å². The average Bonchev–Trinajstić information content (AvgIpc) is 2.44. The molecule has 2 rings (SSSR count). The first-order chi connectivity index (χ1) is 10.1. The Kier molecular flexibility index (Phi) is 4.08. The second-order valence-electron chi connectivity index (χ2n) is 4.46. The zero-order chi connectivity index (χ0) is 16.5. The molecule has 0 saturated heterocycles. The lowest BCUT2D eigenvalue weighted by molar-refractivity contribution is -0.138. The van der Waals surface area contributed by atoms with Crippen molar-refractivity contribution in [2.45, 2.75) is 12.4 Å². The van der Waals surface area contributed by atoms with Gasteiger partial charge in [0.2, 0.25) is 0 Å². The second-order valence-corrected chi connectivity index (χ2v) is 4.46. The van der Waals surface area contributed by atoms with Gasteiger partial charge in [0, 0.05) is 5.56 Å². The fourth-order valence-electron chi connectivity index (χ4n) is 2.06. The molecule has 118 valence electrons. The van der Waals surface area contributed by atoms with Crippen molar-refractivity contribution in [3.05, 3.63) is 53.6 Å². The number of rotatable bonds is 2. The monoisotopic (exact) mass is 320 g/mol. The highest BCUT2D eigenvalue weighted by atomic mass is 19.4. The minimum Gasteiger partial charge on any atom is -0.496 e. The first-order valence-electron chi connectivity index (χ1n) is 6.06. The molecule has 0 aliphatic heterocycles. The number of halogens is 6. The smallest absolute Gasteiger partial charge is 0.417 e. The van der Waals surface area contributed by atoms with E-state index < -0.39 is 23.5 Å². The van der Waals surface area contributed by atoms with Crippen molar-refractivity contribution in [2.75, 3.05) is 7.11 Å². The molecule has 0 aromatic heterocycles. The highest BCUT2D eigenvalue weighted by Crippen LogP contribution is 2.42. The fraction of sp³-hybridized carbons (Fsp3) is 0.200. The van der Waals surface area contributed by atoms with Crippen LogP contribution in [-0.4, -0.2) is 7.11 Å². The van der Waals surface area contributed by atoms with E-state index in [4.69, 9.17) is 4.74 Å². The largest absolute Gasteiger partial charge is 0.496 e. The molecule has 1 nitrogen and oxygen atoms in total. The summed E-state index contributed by atoms with van der Waals surface area (Å²) in [5.41, 5.74) is -2.21. The standard InChI is InChI=1S/C15H10F6O/c1-22-13-8-9(14(16,17)18)6-7-11(13)10-4-2-3-5-12(10)15(19,20)21/h2-8H,1H3. The van der Waals surface area contributed by atoms with Crippen LogP contribution >= 0.6 is 0 Å². The summed E-state index contributed by atoms with van der Waals surface area (Å²) >= 11 is 0. The molecule has 2 aromatic rings. The molecule has 0 bridgehead atoms. The maximum absolute atomic E-state index is 13.0. The molecule has 0 radical (unpaired) electrons. The zero-order valence-corrected chi connectivity index (χ0v) is 11.2. The number of benzene rings is 2. The number of methoxy groups -OCH3 is 1. The Morgan fingerprint density at radius 3 is 1.95 bits per heavy atom. The van der Waals surface area contributed by atoms with Crippen LogP contribution in [0.4, 0.5) is 26.3 Å². The van der Waals surface area contributed by atoms with Crippen molar-refractivity contribution in [2.24, 2.45) is 0 Å². The number of hydrogen-bond donors (Lipinski definition) is 0. The lowest BCUT2D eigenvalue weighted by Gasteiger charge is -2.16. The molecule has 0 aliphatic carbocycles. The molecule has 0 atom stereocenters. The lowest BCUT2D eigenvalue weighted by Crippen LogP contribution is -2.08. The van der Waals surface area contributed by atoms with Gasteiger partial charge >= 0.3 is 12.4 Å². The average molecular weight is 320 g/mol. The van der Waals surface area contributed by atoms with E-state index in [1.165, 1.54) is 18.2 Å². The molecule has 0 N–H and O–H groups in total. The molecule has 0 fully saturated rings. The highest BCUT2D eigenvalue weighted by Gasteiger charge is 2.35. The van der Waals surface area contributed by atoms with E-state index in [0.29, 0.717) is 6.07 Å². The van der Waals surface area contributed by atoms with Gasteiger partial charge in [0.15, 0.2) is 0 Å². The van der Waals surface area contributed by atoms with Gasteiger partial charge in [-0.15, -0.1) is 0 Å². The third kappa shape index (κ3) is 3.18. The second kappa shape index (κ2) is 5.55. The Morgan fingerprint density at radius 1 is 0.773 bits per heavy atom. The van der Waals surface area contributed by atoms with Crippen LogP contribution in [0.3, 0.4) is 0 Å². The van der Waals surface area contributed by atoms with Gasteiger partial charge in [-0.2, -0.15) is 26.3 Å². The molecule has 0 saturated carbocycles. The fourth-order valence-corrected chi connectivity index (χ4v) is 2.06. The van der Waals surface area contributed by atoms with Crippen molar-refractivity contribution < 1.29 is 31.1 Å². The Bertz CT molecular complexity index is 672. The Labute approximate surface area is 122 Å². The van der Waals surface area contributed by atoms with Gasteiger partial charge in [-0.05, 0) is 23.8 Å². The van der Waals surface area contributed by atoms with E-state index in [-0.39, 0.29) is 16.9 Å². The molecule has 0 unspecified atom stereocenters. The van der Waals surface area contributed by atoms with Gasteiger partial charge in [-0.1, -0.05) is 24.3 Å². The van der Waals surface area contributed by atoms with Crippen molar-refractivity contribution >= 4 is 0 Å². The van der Waals surface area contributed by atoms with Crippen molar-refractivity contribution in [1.29, 1.82) is 0 Å². The van der Waals surface area contributed by atoms with E-state index in [2.05, 4.69) is 0 Å². The summed E-state index contributed by atoms with van der Waals surface area (Å²) in [5, 5.41) is 0. The van der Waals surface area contributed by atoms with Gasteiger partial charge < -0.3 is 4.74 Å². The summed E-state index contributed by atoms with van der Waals surface area (Å²) in [7, 11) is 1.11. The van der Waals surface area contributed by atoms with Crippen molar-refractivity contribution in [3.63, 3.8) is 0 Å². The predicted octanol–water partition coefficient (Wildman–Crippen LogP) is 5.40. The Hall–Kier alpha value is -2.18. The lowest BCUT2D eigenvalue weighted by atomic mass is 9.97. The summed E-state index contributed by atoms with van der Waals surface area (Å²) in [6.45, 7) is 0. The highest BCUT2D eigenvalue weighted by molar-refractivity contribution is 5.74. The first kappa shape index (κ1) is 16.2. The topological polar surface area (TPSA) is 9.23 Å². The summed E-state index contributed by atoms with van der Waals surface area (Å²) in [4.78, 5) is 0. The predicted molar refractivity (Wildman–Crippen MR) is 68.4 cm³/mol. The Balaban J connectivity index is 2.64. The van der Waals surface area contributed by atoms with E-state index in [1.54, 1.807) is 0 Å². The molecule has 2 aromatic carbocycles. The Morgan fingerprint density at radius 2 is 1.41 bits per heavy atom. The minimum absolute atomic E-state index is 0.0524. The van der Waals surface area contributed by atoms with E-state index in [0.717, 1.165) is 25.3 Å². The van der Waals surface area contributed by atoms with E-state index in [9.17, 15) is 26.3 Å². The van der Waals surface area contributed by atoms with Gasteiger partial charge in [0.25, 0.3) is 0 Å². The van der Waals surface area contributed by atoms with Crippen LogP contribution in [-0.2, 0) is 12.4 Å². The third-order valence-corrected chi connectivity index (χ3v) is 3.05. The van der Waals surface area contributed by atoms with Gasteiger partial charge in [0.05, 0.1) is 18.2 Å². The van der Waals surface area contributed by atoms with Gasteiger partial charge in [-0.3, -0.25) is 0 Å². The van der Waals surface area contributed by atoms with Crippen LogP contribution in [0.2, 0.25) is 0 Å². The normalized spacial score (nSPS) is 12.3. The van der Waals surface area contributed by atoms with Crippen LogP contribution in [0.15, 0.2) is 42.5 Å². The number of ether oxygens (including phenoxy) is 1. The van der Waals surface area contributed by atoms with Crippen LogP contribution in [0.5, 0.6) is 5.75 Å². The third-order valence-electron chi connectivity index (χ3n) is 3.05. The molecule has 7 heteroatoms. The van der Waals surface area contributed by atoms with Crippen LogP contribution in [0.25, 0.3) is 11.1 Å². The molecular formula is C15H10F6O. The quantitative estimate of drug-likeness (QED) is 0.673. The number of hydrogen-bond acceptors (Lipinski definition) is 1. The number of alkyl halides is 6. The van der Waals surface area contributed by atoms with E-state index in [1.807, 2.05) is 0 Å². The van der Waals surface area contributed by atoms with Crippen molar-refractivity contribution in [1.82, 2.24) is 0 Å². The summed E-state index contributed by atoms with van der Waals surface area (Å²) < 4.78 is 81.9.